The highest BCUT2D eigenvalue weighted by atomic mass is 35.5. The average Bonchev–Trinajstić information content (AvgIpc) is 3.15. The van der Waals surface area contributed by atoms with Crippen LogP contribution in [0.5, 0.6) is 0 Å². The predicted octanol–water partition coefficient (Wildman–Crippen LogP) is 5.91. The number of carboxylic acid groups (broad SMARTS) is 1. The van der Waals surface area contributed by atoms with E-state index in [0.29, 0.717) is 10.6 Å². The minimum absolute atomic E-state index is 0.216. The molecule has 0 aliphatic heterocycles. The van der Waals surface area contributed by atoms with Crippen LogP contribution in [0.2, 0.25) is 5.02 Å². The summed E-state index contributed by atoms with van der Waals surface area (Å²) in [6, 6.07) is 15.2. The summed E-state index contributed by atoms with van der Waals surface area (Å²) < 4.78 is 0. The van der Waals surface area contributed by atoms with E-state index in [-0.39, 0.29) is 5.92 Å². The molecular weight excluding hydrogens is 334 g/mol. The fraction of sp³-hybridized carbons (Fsp3) is 0.238. The van der Waals surface area contributed by atoms with Crippen molar-refractivity contribution in [1.29, 1.82) is 0 Å². The summed E-state index contributed by atoms with van der Waals surface area (Å²) in [6.45, 7) is 0. The summed E-state index contributed by atoms with van der Waals surface area (Å²) in [6.07, 6.45) is 4.26. The Kier molecular flexibility index (Phi) is 4.18. The maximum atomic E-state index is 12.2. The summed E-state index contributed by atoms with van der Waals surface area (Å²) in [5, 5.41) is 11.4. The molecule has 1 fully saturated rings. The van der Waals surface area contributed by atoms with Crippen LogP contribution in [0.1, 0.15) is 47.7 Å². The van der Waals surface area contributed by atoms with E-state index in [1.54, 1.807) is 0 Å². The van der Waals surface area contributed by atoms with E-state index < -0.39 is 5.97 Å². The monoisotopic (exact) mass is 351 g/mol. The molecule has 0 amide bonds. The third-order valence-electron chi connectivity index (χ3n) is 4.99. The van der Waals surface area contributed by atoms with E-state index in [0.717, 1.165) is 53.4 Å². The summed E-state index contributed by atoms with van der Waals surface area (Å²) in [7, 11) is 0. The molecule has 1 saturated carbocycles. The van der Waals surface area contributed by atoms with Gasteiger partial charge in [-0.05, 0) is 36.6 Å². The van der Waals surface area contributed by atoms with Gasteiger partial charge in [0.2, 0.25) is 0 Å². The number of pyridine rings is 1. The van der Waals surface area contributed by atoms with Crippen LogP contribution in [0.15, 0.2) is 48.5 Å². The Labute approximate surface area is 151 Å². The molecule has 1 N–H and O–H groups in total. The maximum absolute atomic E-state index is 12.2. The maximum Gasteiger partial charge on any atom is 0.338 e. The Balaban J connectivity index is 2.11. The quantitative estimate of drug-likeness (QED) is 0.638. The van der Waals surface area contributed by atoms with Crippen molar-refractivity contribution in [2.75, 3.05) is 0 Å². The third kappa shape index (κ3) is 2.89. The number of fused-ring (bicyclic) bond motifs is 1. The first-order valence-electron chi connectivity index (χ1n) is 8.57. The van der Waals surface area contributed by atoms with Crippen LogP contribution in [0, 0.1) is 0 Å². The molecule has 1 heterocycles. The van der Waals surface area contributed by atoms with E-state index >= 15 is 0 Å². The van der Waals surface area contributed by atoms with Gasteiger partial charge in [0.15, 0.2) is 0 Å². The number of hydrogen-bond acceptors (Lipinski definition) is 2. The fourth-order valence-electron chi connectivity index (χ4n) is 3.87. The van der Waals surface area contributed by atoms with Crippen LogP contribution in [-0.2, 0) is 0 Å². The highest BCUT2D eigenvalue weighted by Gasteiger charge is 2.28. The lowest BCUT2D eigenvalue weighted by molar-refractivity contribution is 0.0695. The minimum atomic E-state index is -0.921. The third-order valence-corrected chi connectivity index (χ3v) is 5.23. The fourth-order valence-corrected chi connectivity index (χ4v) is 4.04. The Morgan fingerprint density at radius 1 is 1.08 bits per heavy atom. The molecule has 0 unspecified atom stereocenters. The van der Waals surface area contributed by atoms with Gasteiger partial charge in [-0.3, -0.25) is 4.98 Å². The zero-order valence-electron chi connectivity index (χ0n) is 13.7. The van der Waals surface area contributed by atoms with Gasteiger partial charge in [0.05, 0.1) is 16.8 Å². The lowest BCUT2D eigenvalue weighted by Crippen LogP contribution is -2.11. The van der Waals surface area contributed by atoms with E-state index in [1.165, 1.54) is 0 Å². The molecular formula is C21H18ClNO2. The van der Waals surface area contributed by atoms with E-state index in [4.69, 9.17) is 16.6 Å². The van der Waals surface area contributed by atoms with Crippen molar-refractivity contribution in [3.05, 3.63) is 64.8 Å². The van der Waals surface area contributed by atoms with Crippen LogP contribution >= 0.6 is 11.6 Å². The van der Waals surface area contributed by atoms with Crippen LogP contribution in [0.25, 0.3) is 22.0 Å². The molecule has 2 aromatic carbocycles. The van der Waals surface area contributed by atoms with Crippen molar-refractivity contribution >= 4 is 28.5 Å². The van der Waals surface area contributed by atoms with E-state index in [1.807, 2.05) is 48.5 Å². The van der Waals surface area contributed by atoms with Crippen molar-refractivity contribution in [2.45, 2.75) is 31.6 Å². The number of nitrogens with zero attached hydrogens (tertiary/aromatic N) is 1. The number of rotatable bonds is 3. The lowest BCUT2D eigenvalue weighted by Gasteiger charge is -2.18. The Hall–Kier alpha value is -2.39. The number of benzene rings is 2. The second-order valence-electron chi connectivity index (χ2n) is 6.56. The number of carboxylic acids is 1. The molecule has 3 nitrogen and oxygen atoms in total. The van der Waals surface area contributed by atoms with Crippen molar-refractivity contribution in [3.8, 4) is 11.1 Å². The van der Waals surface area contributed by atoms with Gasteiger partial charge < -0.3 is 5.11 Å². The average molecular weight is 352 g/mol. The molecule has 1 aliphatic rings. The first kappa shape index (κ1) is 16.1. The highest BCUT2D eigenvalue weighted by Crippen LogP contribution is 2.41. The topological polar surface area (TPSA) is 50.2 Å². The normalized spacial score (nSPS) is 14.9. The molecule has 0 spiro atoms. The molecule has 0 saturated heterocycles. The summed E-state index contributed by atoms with van der Waals surface area (Å²) in [5.41, 5.74) is 3.46. The van der Waals surface area contributed by atoms with Crippen molar-refractivity contribution in [1.82, 2.24) is 4.98 Å². The SMILES string of the molecule is O=C(O)c1c(C2CCCC2)nc2ccc(Cl)cc2c1-c1ccccc1. The summed E-state index contributed by atoms with van der Waals surface area (Å²) in [4.78, 5) is 17.0. The van der Waals surface area contributed by atoms with E-state index in [9.17, 15) is 9.90 Å². The van der Waals surface area contributed by atoms with Crippen molar-refractivity contribution in [3.63, 3.8) is 0 Å². The molecule has 126 valence electrons. The molecule has 25 heavy (non-hydrogen) atoms. The number of aromatic nitrogens is 1. The number of aromatic carboxylic acids is 1. The Morgan fingerprint density at radius 2 is 1.80 bits per heavy atom. The molecule has 0 bridgehead atoms. The van der Waals surface area contributed by atoms with Crippen LogP contribution in [0.3, 0.4) is 0 Å². The van der Waals surface area contributed by atoms with Crippen molar-refractivity contribution in [2.24, 2.45) is 0 Å². The zero-order chi connectivity index (χ0) is 17.4. The highest BCUT2D eigenvalue weighted by molar-refractivity contribution is 6.31. The van der Waals surface area contributed by atoms with Crippen molar-refractivity contribution < 1.29 is 9.90 Å². The number of carbonyl (C=O) groups is 1. The van der Waals surface area contributed by atoms with Crippen LogP contribution < -0.4 is 0 Å². The standard InChI is InChI=1S/C21H18ClNO2/c22-15-10-11-17-16(12-15)18(13-6-2-1-3-7-13)19(21(24)25)20(23-17)14-8-4-5-9-14/h1-3,6-7,10-12,14H,4-5,8-9H2,(H,24,25). The molecule has 0 radical (unpaired) electrons. The van der Waals surface area contributed by atoms with Crippen LogP contribution in [0.4, 0.5) is 0 Å². The summed E-state index contributed by atoms with van der Waals surface area (Å²) in [5.74, 6) is -0.705. The molecule has 0 atom stereocenters. The number of hydrogen-bond donors (Lipinski definition) is 1. The molecule has 1 aromatic heterocycles. The molecule has 1 aliphatic carbocycles. The molecule has 4 heteroatoms. The summed E-state index contributed by atoms with van der Waals surface area (Å²) >= 11 is 6.20. The van der Waals surface area contributed by atoms with E-state index in [2.05, 4.69) is 0 Å². The zero-order valence-corrected chi connectivity index (χ0v) is 14.5. The van der Waals surface area contributed by atoms with Gasteiger partial charge in [0.25, 0.3) is 0 Å². The Bertz CT molecular complexity index is 947. The van der Waals surface area contributed by atoms with Gasteiger partial charge >= 0.3 is 5.97 Å². The second-order valence-corrected chi connectivity index (χ2v) is 7.00. The first-order chi connectivity index (χ1) is 12.1. The first-order valence-corrected chi connectivity index (χ1v) is 8.95. The van der Waals surface area contributed by atoms with Gasteiger partial charge in [0, 0.05) is 21.9 Å². The lowest BCUT2D eigenvalue weighted by atomic mass is 9.89. The second kappa shape index (κ2) is 6.49. The van der Waals surface area contributed by atoms with Gasteiger partial charge in [-0.1, -0.05) is 54.8 Å². The smallest absolute Gasteiger partial charge is 0.338 e. The Morgan fingerprint density at radius 3 is 2.48 bits per heavy atom. The largest absolute Gasteiger partial charge is 0.478 e. The van der Waals surface area contributed by atoms with Gasteiger partial charge in [-0.15, -0.1) is 0 Å². The number of halogens is 1. The van der Waals surface area contributed by atoms with Gasteiger partial charge in [0.1, 0.15) is 0 Å². The van der Waals surface area contributed by atoms with Crippen LogP contribution in [-0.4, -0.2) is 16.1 Å². The molecule has 3 aromatic rings. The predicted molar refractivity (Wildman–Crippen MR) is 100 cm³/mol. The molecule has 4 rings (SSSR count). The van der Waals surface area contributed by atoms with Gasteiger partial charge in [-0.25, -0.2) is 4.79 Å². The minimum Gasteiger partial charge on any atom is -0.478 e. The van der Waals surface area contributed by atoms with Gasteiger partial charge in [-0.2, -0.15) is 0 Å².